The lowest BCUT2D eigenvalue weighted by Crippen LogP contribution is -2.58. The molecule has 3 atom stereocenters. The van der Waals surface area contributed by atoms with Gasteiger partial charge in [-0.2, -0.15) is 0 Å². The second-order valence-electron chi connectivity index (χ2n) is 11.6. The summed E-state index contributed by atoms with van der Waals surface area (Å²) in [5.41, 5.74) is 1.77. The molecule has 2 aromatic carbocycles. The van der Waals surface area contributed by atoms with Crippen molar-refractivity contribution in [1.29, 1.82) is 0 Å². The van der Waals surface area contributed by atoms with Gasteiger partial charge in [-0.1, -0.05) is 51.5 Å². The molecule has 1 fully saturated rings. The molecule has 1 aliphatic rings. The Morgan fingerprint density at radius 3 is 2.10 bits per heavy atom. The quantitative estimate of drug-likeness (QED) is 0.344. The van der Waals surface area contributed by atoms with E-state index in [0.29, 0.717) is 17.9 Å². The summed E-state index contributed by atoms with van der Waals surface area (Å²) in [5, 5.41) is 5.85. The molecule has 1 aliphatic carbocycles. The first-order chi connectivity index (χ1) is 19.0. The largest absolute Gasteiger partial charge is 0.497 e. The first kappa shape index (κ1) is 31.0. The van der Waals surface area contributed by atoms with Crippen molar-refractivity contribution in [2.45, 2.75) is 97.4 Å². The lowest BCUT2D eigenvalue weighted by Gasteiger charge is -2.44. The molecule has 8 heteroatoms. The Labute approximate surface area is 238 Å². The Morgan fingerprint density at radius 2 is 1.62 bits per heavy atom. The molecule has 0 saturated heterocycles. The number of anilines is 1. The van der Waals surface area contributed by atoms with Crippen LogP contribution in [0.1, 0.15) is 84.4 Å². The fourth-order valence-corrected chi connectivity index (χ4v) is 4.72. The number of ether oxygens (including phenoxy) is 2. The predicted octanol–water partition coefficient (Wildman–Crippen LogP) is 6.26. The number of nitrogens with one attached hydrogen (secondary N) is 2. The fourth-order valence-electron chi connectivity index (χ4n) is 4.72. The number of carbonyl (C=O) groups excluding carboxylic acids is 3. The van der Waals surface area contributed by atoms with Gasteiger partial charge in [0.1, 0.15) is 23.4 Å². The molecule has 3 amide bonds. The minimum absolute atomic E-state index is 0.114. The van der Waals surface area contributed by atoms with Crippen LogP contribution in [0.4, 0.5) is 10.5 Å². The van der Waals surface area contributed by atoms with Crippen molar-refractivity contribution < 1.29 is 23.9 Å². The van der Waals surface area contributed by atoms with Gasteiger partial charge in [0.2, 0.25) is 5.91 Å². The number of benzene rings is 2. The van der Waals surface area contributed by atoms with Gasteiger partial charge in [-0.3, -0.25) is 9.59 Å². The van der Waals surface area contributed by atoms with Crippen molar-refractivity contribution in [3.8, 4) is 5.75 Å². The molecule has 0 spiro atoms. The van der Waals surface area contributed by atoms with E-state index in [1.807, 2.05) is 38.1 Å². The molecule has 0 aliphatic heterocycles. The molecule has 218 valence electrons. The predicted molar refractivity (Wildman–Crippen MR) is 157 cm³/mol. The zero-order valence-electron chi connectivity index (χ0n) is 25.0. The third-order valence-electron chi connectivity index (χ3n) is 7.46. The Morgan fingerprint density at radius 1 is 1.00 bits per heavy atom. The van der Waals surface area contributed by atoms with Gasteiger partial charge in [0.25, 0.3) is 5.91 Å². The maximum Gasteiger partial charge on any atom is 0.408 e. The van der Waals surface area contributed by atoms with Gasteiger partial charge in [-0.15, -0.1) is 0 Å². The third-order valence-corrected chi connectivity index (χ3v) is 7.46. The number of carbonyl (C=O) groups is 3. The minimum atomic E-state index is -0.877. The molecule has 1 saturated carbocycles. The second-order valence-corrected chi connectivity index (χ2v) is 11.6. The molecular weight excluding hydrogens is 506 g/mol. The monoisotopic (exact) mass is 551 g/mol. The Hall–Kier alpha value is -3.55. The first-order valence-corrected chi connectivity index (χ1v) is 14.3. The van der Waals surface area contributed by atoms with Gasteiger partial charge in [-0.25, -0.2) is 4.79 Å². The van der Waals surface area contributed by atoms with Gasteiger partial charge in [0.15, 0.2) is 0 Å². The zero-order valence-corrected chi connectivity index (χ0v) is 25.0. The molecule has 0 aromatic heterocycles. The van der Waals surface area contributed by atoms with Crippen molar-refractivity contribution in [3.05, 3.63) is 59.7 Å². The lowest BCUT2D eigenvalue weighted by atomic mass is 9.86. The number of alkyl carbamates (subject to hydrolysis) is 1. The van der Waals surface area contributed by atoms with Crippen LogP contribution in [0.3, 0.4) is 0 Å². The molecule has 3 unspecified atom stereocenters. The molecule has 40 heavy (non-hydrogen) atoms. The summed E-state index contributed by atoms with van der Waals surface area (Å²) in [6.45, 7) is 11.3. The SMILES string of the molecule is CCc1ccc(C(C(=O)Nc2ccc(OC)cc2)N(C(=O)C(NC(=O)OC(C)(C)C)C(C)CC)C2CCC2)cc1. The Bertz CT molecular complexity index is 1140. The first-order valence-electron chi connectivity index (χ1n) is 14.3. The van der Waals surface area contributed by atoms with E-state index in [1.165, 1.54) is 0 Å². The molecule has 8 nitrogen and oxygen atoms in total. The van der Waals surface area contributed by atoms with E-state index < -0.39 is 23.8 Å². The molecule has 0 bridgehead atoms. The van der Waals surface area contributed by atoms with Crippen LogP contribution < -0.4 is 15.4 Å². The minimum Gasteiger partial charge on any atom is -0.497 e. The maximum atomic E-state index is 14.4. The third kappa shape index (κ3) is 7.99. The molecular formula is C32H45N3O5. The van der Waals surface area contributed by atoms with Gasteiger partial charge >= 0.3 is 6.09 Å². The highest BCUT2D eigenvalue weighted by atomic mass is 16.6. The summed E-state index contributed by atoms with van der Waals surface area (Å²) in [4.78, 5) is 43.0. The number of hydrogen-bond acceptors (Lipinski definition) is 5. The number of amides is 3. The van der Waals surface area contributed by atoms with Gasteiger partial charge in [-0.05, 0) is 87.8 Å². The van der Waals surface area contributed by atoms with E-state index in [-0.39, 0.29) is 23.8 Å². The van der Waals surface area contributed by atoms with Crippen LogP contribution in [0.15, 0.2) is 48.5 Å². The second kappa shape index (κ2) is 13.7. The van der Waals surface area contributed by atoms with E-state index in [0.717, 1.165) is 36.8 Å². The van der Waals surface area contributed by atoms with E-state index >= 15 is 0 Å². The number of nitrogens with zero attached hydrogens (tertiary/aromatic N) is 1. The lowest BCUT2D eigenvalue weighted by molar-refractivity contribution is -0.147. The van der Waals surface area contributed by atoms with Gasteiger partial charge in [0, 0.05) is 11.7 Å². The summed E-state index contributed by atoms with van der Waals surface area (Å²) >= 11 is 0. The van der Waals surface area contributed by atoms with Crippen molar-refractivity contribution >= 4 is 23.6 Å². The van der Waals surface area contributed by atoms with Crippen molar-refractivity contribution in [3.63, 3.8) is 0 Å². The average molecular weight is 552 g/mol. The average Bonchev–Trinajstić information content (AvgIpc) is 2.89. The van der Waals surface area contributed by atoms with Crippen LogP contribution in [0, 0.1) is 5.92 Å². The summed E-state index contributed by atoms with van der Waals surface area (Å²) in [5.74, 6) is -0.0786. The smallest absolute Gasteiger partial charge is 0.408 e. The molecule has 2 aromatic rings. The Kier molecular flexibility index (Phi) is 10.6. The molecule has 0 radical (unpaired) electrons. The van der Waals surface area contributed by atoms with Gasteiger partial charge < -0.3 is 25.0 Å². The number of rotatable bonds is 11. The van der Waals surface area contributed by atoms with Crippen LogP contribution in [0.5, 0.6) is 5.75 Å². The number of aryl methyl sites for hydroxylation is 1. The summed E-state index contributed by atoms with van der Waals surface area (Å²) in [7, 11) is 1.59. The number of hydrogen-bond donors (Lipinski definition) is 2. The molecule has 2 N–H and O–H groups in total. The van der Waals surface area contributed by atoms with E-state index in [9.17, 15) is 14.4 Å². The highest BCUT2D eigenvalue weighted by Crippen LogP contribution is 2.35. The molecule has 3 rings (SSSR count). The summed E-state index contributed by atoms with van der Waals surface area (Å²) in [6.07, 6.45) is 3.45. The topological polar surface area (TPSA) is 97.0 Å². The standard InChI is InChI=1S/C32H45N3O5/c1-8-21(3)27(34-31(38)40-32(4,5)6)30(37)35(25-11-10-12-25)28(23-15-13-22(9-2)14-16-23)29(36)33-24-17-19-26(39-7)20-18-24/h13-21,25,27-28H,8-12H2,1-7H3,(H,33,36)(H,34,38). The van der Waals surface area contributed by atoms with Crippen LogP contribution >= 0.6 is 0 Å². The van der Waals surface area contributed by atoms with E-state index in [2.05, 4.69) is 17.6 Å². The van der Waals surface area contributed by atoms with E-state index in [4.69, 9.17) is 9.47 Å². The number of methoxy groups -OCH3 is 1. The van der Waals surface area contributed by atoms with Crippen LogP contribution in [0.25, 0.3) is 0 Å². The van der Waals surface area contributed by atoms with Crippen molar-refractivity contribution in [2.24, 2.45) is 5.92 Å². The summed E-state index contributed by atoms with van der Waals surface area (Å²) in [6, 6.07) is 13.1. The normalized spacial score (nSPS) is 15.7. The van der Waals surface area contributed by atoms with Crippen LogP contribution in [0.2, 0.25) is 0 Å². The fraction of sp³-hybridized carbons (Fsp3) is 0.531. The zero-order chi connectivity index (χ0) is 29.4. The highest BCUT2D eigenvalue weighted by Gasteiger charge is 2.43. The summed E-state index contributed by atoms with van der Waals surface area (Å²) < 4.78 is 10.7. The van der Waals surface area contributed by atoms with Crippen LogP contribution in [-0.4, -0.2) is 47.6 Å². The highest BCUT2D eigenvalue weighted by molar-refractivity contribution is 5.99. The maximum absolute atomic E-state index is 14.4. The van der Waals surface area contributed by atoms with Crippen molar-refractivity contribution in [2.75, 3.05) is 12.4 Å². The van der Waals surface area contributed by atoms with Crippen LogP contribution in [-0.2, 0) is 20.7 Å². The van der Waals surface area contributed by atoms with E-state index in [1.54, 1.807) is 57.0 Å². The van der Waals surface area contributed by atoms with Gasteiger partial charge in [0.05, 0.1) is 7.11 Å². The van der Waals surface area contributed by atoms with Crippen molar-refractivity contribution in [1.82, 2.24) is 10.2 Å². The molecule has 0 heterocycles. The Balaban J connectivity index is 2.02.